The molecule has 2 N–H and O–H groups in total. The number of ether oxygens (including phenoxy) is 1. The number of hydrogen-bond acceptors (Lipinski definition) is 4. The smallest absolute Gasteiger partial charge is 0.337 e. The van der Waals surface area contributed by atoms with Gasteiger partial charge in [-0.15, -0.1) is 0 Å². The van der Waals surface area contributed by atoms with Crippen molar-refractivity contribution in [3.8, 4) is 0 Å². The Bertz CT molecular complexity index is 652. The first-order valence-electron chi connectivity index (χ1n) is 8.66. The van der Waals surface area contributed by atoms with Crippen molar-refractivity contribution in [1.82, 2.24) is 15.5 Å². The molecule has 0 fully saturated rings. The quantitative estimate of drug-likeness (QED) is 0.744. The summed E-state index contributed by atoms with van der Waals surface area (Å²) in [7, 11) is 1.96. The third kappa shape index (κ3) is 5.06. The van der Waals surface area contributed by atoms with E-state index in [1.165, 1.54) is 11.1 Å². The lowest BCUT2D eigenvalue weighted by Crippen LogP contribution is -2.51. The third-order valence-corrected chi connectivity index (χ3v) is 4.15. The molecule has 0 aliphatic carbocycles. The predicted octanol–water partition coefficient (Wildman–Crippen LogP) is 2.34. The van der Waals surface area contributed by atoms with Gasteiger partial charge in [-0.05, 0) is 32.9 Å². The van der Waals surface area contributed by atoms with Crippen LogP contribution >= 0.6 is 0 Å². The number of nitrogens with zero attached hydrogens (tertiary/aromatic N) is 1. The SMILES string of the molecule is CCOC(=O)C1=C(CN(C)Cc2ccc(C)cc2)NC(=O)N[C@H]1CC. The summed E-state index contributed by atoms with van der Waals surface area (Å²) in [5.74, 6) is -0.374. The van der Waals surface area contributed by atoms with Gasteiger partial charge in [-0.25, -0.2) is 9.59 Å². The Labute approximate surface area is 149 Å². The Morgan fingerprint density at radius 2 is 1.88 bits per heavy atom. The highest BCUT2D eigenvalue weighted by atomic mass is 16.5. The number of nitrogens with one attached hydrogen (secondary N) is 2. The Morgan fingerprint density at radius 1 is 1.20 bits per heavy atom. The molecule has 1 atom stereocenters. The lowest BCUT2D eigenvalue weighted by molar-refractivity contribution is -0.139. The molecule has 1 aromatic carbocycles. The summed E-state index contributed by atoms with van der Waals surface area (Å²) in [5, 5.41) is 5.57. The van der Waals surface area contributed by atoms with E-state index in [1.807, 2.05) is 14.0 Å². The molecular weight excluding hydrogens is 318 g/mol. The molecule has 0 radical (unpaired) electrons. The number of aryl methyl sites for hydroxylation is 1. The van der Waals surface area contributed by atoms with Crippen molar-refractivity contribution in [3.05, 3.63) is 46.7 Å². The van der Waals surface area contributed by atoms with Gasteiger partial charge in [0, 0.05) is 18.8 Å². The molecule has 0 saturated heterocycles. The number of benzene rings is 1. The zero-order chi connectivity index (χ0) is 18.4. The fourth-order valence-electron chi connectivity index (χ4n) is 2.92. The fraction of sp³-hybridized carbons (Fsp3) is 0.474. The molecule has 0 saturated carbocycles. The summed E-state index contributed by atoms with van der Waals surface area (Å²) in [6.07, 6.45) is 0.632. The zero-order valence-corrected chi connectivity index (χ0v) is 15.4. The summed E-state index contributed by atoms with van der Waals surface area (Å²) < 4.78 is 5.19. The second kappa shape index (κ2) is 8.67. The van der Waals surface area contributed by atoms with Gasteiger partial charge >= 0.3 is 12.0 Å². The van der Waals surface area contributed by atoms with Crippen LogP contribution in [-0.4, -0.2) is 43.1 Å². The second-order valence-electron chi connectivity index (χ2n) is 6.33. The number of carbonyl (C=O) groups is 2. The van der Waals surface area contributed by atoms with Crippen molar-refractivity contribution >= 4 is 12.0 Å². The lowest BCUT2D eigenvalue weighted by Gasteiger charge is -2.30. The van der Waals surface area contributed by atoms with E-state index in [9.17, 15) is 9.59 Å². The minimum absolute atomic E-state index is 0.279. The lowest BCUT2D eigenvalue weighted by atomic mass is 10.00. The molecule has 1 heterocycles. The van der Waals surface area contributed by atoms with E-state index < -0.39 is 0 Å². The van der Waals surface area contributed by atoms with Crippen molar-refractivity contribution in [2.45, 2.75) is 39.8 Å². The maximum Gasteiger partial charge on any atom is 0.337 e. The molecule has 1 aromatic rings. The highest BCUT2D eigenvalue weighted by Crippen LogP contribution is 2.18. The molecule has 2 amide bonds. The molecule has 2 rings (SSSR count). The van der Waals surface area contributed by atoms with E-state index in [-0.39, 0.29) is 18.0 Å². The van der Waals surface area contributed by atoms with Crippen LogP contribution in [0.3, 0.4) is 0 Å². The fourth-order valence-corrected chi connectivity index (χ4v) is 2.92. The van der Waals surface area contributed by atoms with Crippen LogP contribution in [0, 0.1) is 6.92 Å². The van der Waals surface area contributed by atoms with Crippen LogP contribution in [0.5, 0.6) is 0 Å². The van der Waals surface area contributed by atoms with Gasteiger partial charge < -0.3 is 15.4 Å². The number of amides is 2. The van der Waals surface area contributed by atoms with E-state index in [0.717, 1.165) is 6.54 Å². The standard InChI is InChI=1S/C19H27N3O3/c1-5-15-17(18(23)25-6-2)16(21-19(24)20-15)12-22(4)11-14-9-7-13(3)8-10-14/h7-10,15H,5-6,11-12H2,1-4H3,(H2,20,21,24)/t15-/m0/s1. The summed E-state index contributed by atoms with van der Waals surface area (Å²) >= 11 is 0. The molecule has 136 valence electrons. The maximum absolute atomic E-state index is 12.4. The van der Waals surface area contributed by atoms with Crippen molar-refractivity contribution in [1.29, 1.82) is 0 Å². The minimum atomic E-state index is -0.374. The number of urea groups is 1. The first-order chi connectivity index (χ1) is 11.9. The van der Waals surface area contributed by atoms with Crippen molar-refractivity contribution in [2.24, 2.45) is 0 Å². The van der Waals surface area contributed by atoms with Gasteiger partial charge in [-0.1, -0.05) is 36.8 Å². The number of carbonyl (C=O) groups excluding carboxylic acids is 2. The predicted molar refractivity (Wildman–Crippen MR) is 96.9 cm³/mol. The summed E-state index contributed by atoms with van der Waals surface area (Å²) in [6, 6.07) is 7.72. The zero-order valence-electron chi connectivity index (χ0n) is 15.4. The van der Waals surface area contributed by atoms with Gasteiger partial charge in [0.1, 0.15) is 0 Å². The maximum atomic E-state index is 12.4. The van der Waals surface area contributed by atoms with Crippen LogP contribution in [0.4, 0.5) is 4.79 Å². The van der Waals surface area contributed by atoms with Crippen LogP contribution in [-0.2, 0) is 16.1 Å². The number of rotatable bonds is 7. The molecule has 25 heavy (non-hydrogen) atoms. The van der Waals surface area contributed by atoms with E-state index >= 15 is 0 Å². The Hall–Kier alpha value is -2.34. The molecule has 0 aromatic heterocycles. The minimum Gasteiger partial charge on any atom is -0.463 e. The van der Waals surface area contributed by atoms with Crippen LogP contribution in [0.25, 0.3) is 0 Å². The average molecular weight is 345 g/mol. The van der Waals surface area contributed by atoms with Gasteiger partial charge in [0.25, 0.3) is 0 Å². The highest BCUT2D eigenvalue weighted by molar-refractivity contribution is 5.94. The number of likely N-dealkylation sites (N-methyl/N-ethyl adjacent to an activating group) is 1. The second-order valence-corrected chi connectivity index (χ2v) is 6.33. The monoisotopic (exact) mass is 345 g/mol. The van der Waals surface area contributed by atoms with Crippen LogP contribution < -0.4 is 10.6 Å². The van der Waals surface area contributed by atoms with E-state index in [4.69, 9.17) is 4.74 Å². The summed E-state index contributed by atoms with van der Waals surface area (Å²) in [4.78, 5) is 26.4. The molecule has 0 unspecified atom stereocenters. The molecule has 0 bridgehead atoms. The largest absolute Gasteiger partial charge is 0.463 e. The molecule has 1 aliphatic heterocycles. The van der Waals surface area contributed by atoms with Gasteiger partial charge in [-0.3, -0.25) is 4.90 Å². The van der Waals surface area contributed by atoms with Gasteiger partial charge in [0.15, 0.2) is 0 Å². The summed E-state index contributed by atoms with van der Waals surface area (Å²) in [5.41, 5.74) is 3.53. The van der Waals surface area contributed by atoms with E-state index in [0.29, 0.717) is 30.8 Å². The van der Waals surface area contributed by atoms with Crippen molar-refractivity contribution in [2.75, 3.05) is 20.2 Å². The van der Waals surface area contributed by atoms with Crippen molar-refractivity contribution < 1.29 is 14.3 Å². The van der Waals surface area contributed by atoms with Gasteiger partial charge in [-0.2, -0.15) is 0 Å². The van der Waals surface area contributed by atoms with Crippen LogP contribution in [0.2, 0.25) is 0 Å². The van der Waals surface area contributed by atoms with Crippen LogP contribution in [0.1, 0.15) is 31.4 Å². The van der Waals surface area contributed by atoms with E-state index in [2.05, 4.69) is 46.7 Å². The van der Waals surface area contributed by atoms with Crippen molar-refractivity contribution in [3.63, 3.8) is 0 Å². The molecule has 6 heteroatoms. The molecular formula is C19H27N3O3. The van der Waals surface area contributed by atoms with Gasteiger partial charge in [0.2, 0.25) is 0 Å². The van der Waals surface area contributed by atoms with E-state index in [1.54, 1.807) is 6.92 Å². The summed E-state index contributed by atoms with van der Waals surface area (Å²) in [6.45, 7) is 7.26. The average Bonchev–Trinajstić information content (AvgIpc) is 2.56. The van der Waals surface area contributed by atoms with Crippen LogP contribution in [0.15, 0.2) is 35.5 Å². The highest BCUT2D eigenvalue weighted by Gasteiger charge is 2.31. The third-order valence-electron chi connectivity index (χ3n) is 4.15. The van der Waals surface area contributed by atoms with Gasteiger partial charge in [0.05, 0.1) is 18.2 Å². The Morgan fingerprint density at radius 3 is 2.48 bits per heavy atom. The topological polar surface area (TPSA) is 70.7 Å². The first kappa shape index (κ1) is 19.0. The molecule has 1 aliphatic rings. The molecule has 0 spiro atoms. The Balaban J connectivity index is 2.19. The number of hydrogen-bond donors (Lipinski definition) is 2. The number of esters is 1. The Kier molecular flexibility index (Phi) is 6.58. The first-order valence-corrected chi connectivity index (χ1v) is 8.66. The normalized spacial score (nSPS) is 17.3. The molecule has 6 nitrogen and oxygen atoms in total.